The molecule has 0 bridgehead atoms. The van der Waals surface area contributed by atoms with E-state index >= 15 is 0 Å². The van der Waals surface area contributed by atoms with Crippen LogP contribution in [-0.4, -0.2) is 39.7 Å². The van der Waals surface area contributed by atoms with Gasteiger partial charge in [0.15, 0.2) is 5.76 Å². The minimum Gasteiger partial charge on any atom is -0.480 e. The number of amides is 1. The van der Waals surface area contributed by atoms with Crippen LogP contribution < -0.4 is 5.32 Å². The van der Waals surface area contributed by atoms with Gasteiger partial charge in [-0.15, -0.1) is 0 Å². The molecule has 1 aromatic rings. The smallest absolute Gasteiger partial charge is 0.433 e. The van der Waals surface area contributed by atoms with E-state index < -0.39 is 35.3 Å². The average molecular weight is 258 g/mol. The number of carbonyl (C=O) groups excluding carboxylic acids is 1. The van der Waals surface area contributed by atoms with E-state index in [-0.39, 0.29) is 12.2 Å². The fourth-order valence-corrected chi connectivity index (χ4v) is 1.16. The van der Waals surface area contributed by atoms with Crippen molar-refractivity contribution in [2.24, 2.45) is 0 Å². The molecule has 98 valence electrons. The number of hydrogen-bond donors (Lipinski definition) is 3. The normalized spacial score (nSPS) is 11.8. The highest BCUT2D eigenvalue weighted by Crippen LogP contribution is 2.15. The summed E-state index contributed by atoms with van der Waals surface area (Å²) in [6, 6.07) is 0.758. The minimum absolute atomic E-state index is 0.177. The molecule has 9 heteroatoms. The van der Waals surface area contributed by atoms with Crippen LogP contribution in [0.4, 0.5) is 5.88 Å². The Balaban J connectivity index is 2.74. The summed E-state index contributed by atoms with van der Waals surface area (Å²) in [5.74, 6) is -3.21. The standard InChI is InChI=1S/C9H10N2O7/c12-4-3-5(9(14)15)10-8(13)6-1-2-7(18-6)11(16)17/h1-2,5,12H,3-4H2,(H,10,13)(H,14,15). The van der Waals surface area contributed by atoms with E-state index in [2.05, 4.69) is 9.73 Å². The first-order chi connectivity index (χ1) is 8.45. The lowest BCUT2D eigenvalue weighted by atomic mass is 10.2. The fraction of sp³-hybridized carbons (Fsp3) is 0.333. The van der Waals surface area contributed by atoms with E-state index in [0.29, 0.717) is 0 Å². The van der Waals surface area contributed by atoms with Crippen LogP contribution in [0.1, 0.15) is 17.0 Å². The van der Waals surface area contributed by atoms with Crippen molar-refractivity contribution >= 4 is 17.8 Å². The summed E-state index contributed by atoms with van der Waals surface area (Å²) in [7, 11) is 0. The monoisotopic (exact) mass is 258 g/mol. The first-order valence-corrected chi connectivity index (χ1v) is 4.84. The minimum atomic E-state index is -1.32. The van der Waals surface area contributed by atoms with Crippen molar-refractivity contribution in [3.05, 3.63) is 28.0 Å². The summed E-state index contributed by atoms with van der Waals surface area (Å²) in [5, 5.41) is 29.7. The van der Waals surface area contributed by atoms with E-state index in [9.17, 15) is 19.7 Å². The lowest BCUT2D eigenvalue weighted by Crippen LogP contribution is -2.41. The Morgan fingerprint density at radius 2 is 2.17 bits per heavy atom. The van der Waals surface area contributed by atoms with Crippen LogP contribution in [0.25, 0.3) is 0 Å². The van der Waals surface area contributed by atoms with Crippen molar-refractivity contribution in [2.75, 3.05) is 6.61 Å². The molecule has 0 spiro atoms. The second-order valence-electron chi connectivity index (χ2n) is 3.27. The molecular weight excluding hydrogens is 248 g/mol. The third-order valence-corrected chi connectivity index (χ3v) is 2.02. The molecule has 0 aromatic carbocycles. The van der Waals surface area contributed by atoms with Gasteiger partial charge in [0.05, 0.1) is 6.07 Å². The zero-order valence-electron chi connectivity index (χ0n) is 9.03. The molecule has 1 unspecified atom stereocenters. The number of aliphatic hydroxyl groups excluding tert-OH is 1. The SMILES string of the molecule is O=C(NC(CCO)C(=O)O)c1ccc([N+](=O)[O-])o1. The number of rotatable bonds is 6. The second-order valence-corrected chi connectivity index (χ2v) is 3.27. The molecule has 0 saturated heterocycles. The maximum Gasteiger partial charge on any atom is 0.433 e. The fourth-order valence-electron chi connectivity index (χ4n) is 1.16. The maximum atomic E-state index is 11.5. The first-order valence-electron chi connectivity index (χ1n) is 4.84. The van der Waals surface area contributed by atoms with Gasteiger partial charge in [-0.2, -0.15) is 0 Å². The van der Waals surface area contributed by atoms with E-state index in [0.717, 1.165) is 12.1 Å². The molecular formula is C9H10N2O7. The Kier molecular flexibility index (Phi) is 4.38. The van der Waals surface area contributed by atoms with Gasteiger partial charge < -0.3 is 19.9 Å². The van der Waals surface area contributed by atoms with Crippen molar-refractivity contribution in [2.45, 2.75) is 12.5 Å². The molecule has 3 N–H and O–H groups in total. The predicted molar refractivity (Wildman–Crippen MR) is 56.0 cm³/mol. The van der Waals surface area contributed by atoms with Crippen LogP contribution >= 0.6 is 0 Å². The maximum absolute atomic E-state index is 11.5. The number of furan rings is 1. The average Bonchev–Trinajstić information content (AvgIpc) is 2.77. The van der Waals surface area contributed by atoms with Crippen LogP contribution in [0.15, 0.2) is 16.5 Å². The molecule has 1 amide bonds. The lowest BCUT2D eigenvalue weighted by Gasteiger charge is -2.11. The van der Waals surface area contributed by atoms with Crippen molar-refractivity contribution in [3.63, 3.8) is 0 Å². The van der Waals surface area contributed by atoms with Gasteiger partial charge in [-0.1, -0.05) is 0 Å². The second kappa shape index (κ2) is 5.77. The van der Waals surface area contributed by atoms with Crippen LogP contribution in [0, 0.1) is 10.1 Å². The summed E-state index contributed by atoms with van der Waals surface area (Å²) >= 11 is 0. The number of nitrogens with zero attached hydrogens (tertiary/aromatic N) is 1. The Labute approximate surface area is 100 Å². The summed E-state index contributed by atoms with van der Waals surface area (Å²) in [4.78, 5) is 31.7. The first kappa shape index (κ1) is 13.6. The Morgan fingerprint density at radius 1 is 1.50 bits per heavy atom. The highest BCUT2D eigenvalue weighted by atomic mass is 16.6. The Morgan fingerprint density at radius 3 is 2.61 bits per heavy atom. The van der Waals surface area contributed by atoms with E-state index in [4.69, 9.17) is 10.2 Å². The van der Waals surface area contributed by atoms with E-state index in [1.54, 1.807) is 0 Å². The number of carbonyl (C=O) groups is 2. The zero-order chi connectivity index (χ0) is 13.7. The van der Waals surface area contributed by atoms with Crippen molar-refractivity contribution in [1.82, 2.24) is 5.32 Å². The highest BCUT2D eigenvalue weighted by molar-refractivity contribution is 5.94. The molecule has 1 atom stereocenters. The van der Waals surface area contributed by atoms with Gasteiger partial charge in [0, 0.05) is 13.0 Å². The summed E-state index contributed by atoms with van der Waals surface area (Å²) in [6.07, 6.45) is -0.177. The molecule has 0 aliphatic rings. The molecule has 9 nitrogen and oxygen atoms in total. The molecule has 1 aromatic heterocycles. The summed E-state index contributed by atoms with van der Waals surface area (Å²) < 4.78 is 4.60. The third kappa shape index (κ3) is 3.28. The van der Waals surface area contributed by atoms with Crippen molar-refractivity contribution in [1.29, 1.82) is 0 Å². The van der Waals surface area contributed by atoms with Gasteiger partial charge in [-0.05, 0) is 6.07 Å². The molecule has 0 radical (unpaired) electrons. The number of aliphatic carboxylic acids is 1. The molecule has 0 aliphatic heterocycles. The zero-order valence-corrected chi connectivity index (χ0v) is 9.03. The highest BCUT2D eigenvalue weighted by Gasteiger charge is 2.23. The van der Waals surface area contributed by atoms with Gasteiger partial charge in [0.2, 0.25) is 0 Å². The van der Waals surface area contributed by atoms with Crippen molar-refractivity contribution in [3.8, 4) is 0 Å². The largest absolute Gasteiger partial charge is 0.480 e. The number of aliphatic hydroxyl groups is 1. The number of carboxylic acid groups (broad SMARTS) is 1. The number of nitrogens with one attached hydrogen (secondary N) is 1. The molecule has 1 rings (SSSR count). The van der Waals surface area contributed by atoms with Gasteiger partial charge in [-0.3, -0.25) is 14.9 Å². The van der Waals surface area contributed by atoms with Gasteiger partial charge >= 0.3 is 11.9 Å². The summed E-state index contributed by atoms with van der Waals surface area (Å²) in [6.45, 7) is -0.421. The quantitative estimate of drug-likeness (QED) is 0.471. The van der Waals surface area contributed by atoms with Crippen LogP contribution in [0.3, 0.4) is 0 Å². The predicted octanol–water partition coefficient (Wildman–Crippen LogP) is -0.247. The molecule has 0 aliphatic carbocycles. The molecule has 1 heterocycles. The van der Waals surface area contributed by atoms with Crippen LogP contribution in [0.5, 0.6) is 0 Å². The number of hydrogen-bond acceptors (Lipinski definition) is 6. The molecule has 0 saturated carbocycles. The third-order valence-electron chi connectivity index (χ3n) is 2.02. The van der Waals surface area contributed by atoms with Gasteiger partial charge in [0.1, 0.15) is 11.0 Å². The lowest BCUT2D eigenvalue weighted by molar-refractivity contribution is -0.402. The van der Waals surface area contributed by atoms with E-state index in [1.807, 2.05) is 0 Å². The Hall–Kier alpha value is -2.42. The molecule has 0 fully saturated rings. The number of nitro groups is 1. The Bertz CT molecular complexity index is 467. The van der Waals surface area contributed by atoms with Gasteiger partial charge in [-0.25, -0.2) is 4.79 Å². The summed E-state index contributed by atoms with van der Waals surface area (Å²) in [5.41, 5.74) is 0. The number of carboxylic acids is 1. The topological polar surface area (TPSA) is 143 Å². The van der Waals surface area contributed by atoms with Crippen LogP contribution in [-0.2, 0) is 4.79 Å². The van der Waals surface area contributed by atoms with Crippen LogP contribution in [0.2, 0.25) is 0 Å². The van der Waals surface area contributed by atoms with Gasteiger partial charge in [0.25, 0.3) is 5.91 Å². The van der Waals surface area contributed by atoms with Crippen molar-refractivity contribution < 1.29 is 29.1 Å². The van der Waals surface area contributed by atoms with E-state index in [1.165, 1.54) is 0 Å². The molecule has 18 heavy (non-hydrogen) atoms.